The van der Waals surface area contributed by atoms with Crippen molar-refractivity contribution in [1.29, 1.82) is 0 Å². The van der Waals surface area contributed by atoms with Crippen molar-refractivity contribution in [2.75, 3.05) is 13.1 Å². The molecule has 13 heavy (non-hydrogen) atoms. The Morgan fingerprint density at radius 2 is 1.92 bits per heavy atom. The molecule has 0 fully saturated rings. The molecule has 0 saturated heterocycles. The van der Waals surface area contributed by atoms with E-state index in [-0.39, 0.29) is 13.1 Å². The van der Waals surface area contributed by atoms with Gasteiger partial charge in [-0.3, -0.25) is 4.79 Å². The Morgan fingerprint density at radius 3 is 2.15 bits per heavy atom. The van der Waals surface area contributed by atoms with Crippen molar-refractivity contribution in [3.05, 3.63) is 12.2 Å². The van der Waals surface area contributed by atoms with Gasteiger partial charge in [-0.2, -0.15) is 13.2 Å². The first-order valence-electron chi connectivity index (χ1n) is 3.79. The highest BCUT2D eigenvalue weighted by molar-refractivity contribution is 5.82. The number of amides is 1. The minimum Gasteiger partial charge on any atom is -0.331 e. The lowest BCUT2D eigenvalue weighted by molar-refractivity contribution is -0.184. The monoisotopic (exact) mass is 195 g/mol. The van der Waals surface area contributed by atoms with Crippen LogP contribution in [0.5, 0.6) is 0 Å². The van der Waals surface area contributed by atoms with Crippen LogP contribution in [0, 0.1) is 0 Å². The molecule has 0 aromatic heterocycles. The minimum atomic E-state index is -4.79. The molecule has 0 heterocycles. The summed E-state index contributed by atoms with van der Waals surface area (Å²) in [6.45, 7) is 6.50. The lowest BCUT2D eigenvalue weighted by atomic mass is 10.3. The molecular formula is C8H12F3NO. The summed E-state index contributed by atoms with van der Waals surface area (Å²) >= 11 is 0. The molecule has 5 heteroatoms. The van der Waals surface area contributed by atoms with Crippen LogP contribution in [0.15, 0.2) is 12.2 Å². The zero-order valence-electron chi connectivity index (χ0n) is 7.61. The first kappa shape index (κ1) is 12.0. The van der Waals surface area contributed by atoms with Crippen LogP contribution in [0.4, 0.5) is 13.2 Å². The molecule has 0 saturated carbocycles. The second-order valence-corrected chi connectivity index (χ2v) is 2.77. The largest absolute Gasteiger partial charge is 0.471 e. The second-order valence-electron chi connectivity index (χ2n) is 2.77. The maximum Gasteiger partial charge on any atom is 0.471 e. The topological polar surface area (TPSA) is 20.3 Å². The summed E-state index contributed by atoms with van der Waals surface area (Å²) in [5.74, 6) is -1.81. The predicted molar refractivity (Wildman–Crippen MR) is 43.1 cm³/mol. The van der Waals surface area contributed by atoms with Crippen LogP contribution in [-0.4, -0.2) is 30.1 Å². The normalized spacial score (nSPS) is 11.2. The van der Waals surface area contributed by atoms with Gasteiger partial charge in [0.2, 0.25) is 0 Å². The van der Waals surface area contributed by atoms with Gasteiger partial charge in [0.1, 0.15) is 0 Å². The van der Waals surface area contributed by atoms with Crippen LogP contribution in [0.1, 0.15) is 13.8 Å². The van der Waals surface area contributed by atoms with Gasteiger partial charge in [-0.15, -0.1) is 0 Å². The molecule has 0 aromatic carbocycles. The molecule has 0 N–H and O–H groups in total. The molecule has 0 unspecified atom stereocenters. The number of likely N-dealkylation sites (N-methyl/N-ethyl adjacent to an activating group) is 1. The number of rotatable bonds is 3. The molecule has 0 aromatic rings. The first-order valence-corrected chi connectivity index (χ1v) is 3.79. The molecule has 1 amide bonds. The molecule has 0 atom stereocenters. The van der Waals surface area contributed by atoms with Gasteiger partial charge >= 0.3 is 12.1 Å². The second kappa shape index (κ2) is 4.30. The average molecular weight is 195 g/mol. The van der Waals surface area contributed by atoms with Gasteiger partial charge in [0.15, 0.2) is 0 Å². The van der Waals surface area contributed by atoms with Crippen LogP contribution in [-0.2, 0) is 4.79 Å². The Bertz CT molecular complexity index is 210. The molecule has 0 aliphatic rings. The molecule has 0 aliphatic heterocycles. The predicted octanol–water partition coefficient (Wildman–Crippen LogP) is 1.97. The van der Waals surface area contributed by atoms with E-state index >= 15 is 0 Å². The van der Waals surface area contributed by atoms with Crippen molar-refractivity contribution in [3.63, 3.8) is 0 Å². The van der Waals surface area contributed by atoms with Crippen LogP contribution >= 0.6 is 0 Å². The summed E-state index contributed by atoms with van der Waals surface area (Å²) in [6.07, 6.45) is -4.79. The van der Waals surface area contributed by atoms with E-state index in [4.69, 9.17) is 0 Å². The van der Waals surface area contributed by atoms with E-state index in [1.54, 1.807) is 6.92 Å². The summed E-state index contributed by atoms with van der Waals surface area (Å²) < 4.78 is 35.7. The Balaban J connectivity index is 4.41. The zero-order chi connectivity index (χ0) is 10.6. The van der Waals surface area contributed by atoms with E-state index in [9.17, 15) is 18.0 Å². The third-order valence-corrected chi connectivity index (χ3v) is 1.37. The SMILES string of the molecule is C=C(C)CN(CC)C(=O)C(F)(F)F. The van der Waals surface area contributed by atoms with Crippen molar-refractivity contribution < 1.29 is 18.0 Å². The van der Waals surface area contributed by atoms with Gasteiger partial charge in [0.05, 0.1) is 0 Å². The summed E-state index contributed by atoms with van der Waals surface area (Å²) in [4.78, 5) is 11.4. The van der Waals surface area contributed by atoms with Gasteiger partial charge in [-0.1, -0.05) is 12.2 Å². The van der Waals surface area contributed by atoms with Crippen LogP contribution < -0.4 is 0 Å². The van der Waals surface area contributed by atoms with Gasteiger partial charge in [0, 0.05) is 13.1 Å². The number of halogens is 3. The minimum absolute atomic E-state index is 0.0329. The number of carbonyl (C=O) groups is 1. The number of carbonyl (C=O) groups excluding carboxylic acids is 1. The smallest absolute Gasteiger partial charge is 0.331 e. The standard InChI is InChI=1S/C8H12F3NO/c1-4-12(5-6(2)3)7(13)8(9,10)11/h2,4-5H2,1,3H3. The maximum absolute atomic E-state index is 11.9. The number of hydrogen-bond acceptors (Lipinski definition) is 1. The highest BCUT2D eigenvalue weighted by atomic mass is 19.4. The molecule has 0 radical (unpaired) electrons. The highest BCUT2D eigenvalue weighted by Crippen LogP contribution is 2.18. The third-order valence-electron chi connectivity index (χ3n) is 1.37. The van der Waals surface area contributed by atoms with E-state index in [0.29, 0.717) is 10.5 Å². The first-order chi connectivity index (χ1) is 5.79. The van der Waals surface area contributed by atoms with Crippen LogP contribution in [0.25, 0.3) is 0 Å². The maximum atomic E-state index is 11.9. The summed E-state index contributed by atoms with van der Waals surface area (Å²) in [7, 11) is 0. The van der Waals surface area contributed by atoms with E-state index in [1.807, 2.05) is 0 Å². The lowest BCUT2D eigenvalue weighted by Gasteiger charge is -2.21. The van der Waals surface area contributed by atoms with Gasteiger partial charge < -0.3 is 4.90 Å². The average Bonchev–Trinajstić information content (AvgIpc) is 1.96. The number of hydrogen-bond donors (Lipinski definition) is 0. The zero-order valence-corrected chi connectivity index (χ0v) is 7.61. The lowest BCUT2D eigenvalue weighted by Crippen LogP contribution is -2.41. The van der Waals surface area contributed by atoms with E-state index < -0.39 is 12.1 Å². The Kier molecular flexibility index (Phi) is 3.97. The molecule has 2 nitrogen and oxygen atoms in total. The Labute approximate surface area is 75.0 Å². The van der Waals surface area contributed by atoms with Crippen LogP contribution in [0.3, 0.4) is 0 Å². The van der Waals surface area contributed by atoms with Crippen molar-refractivity contribution in [2.45, 2.75) is 20.0 Å². The van der Waals surface area contributed by atoms with E-state index in [0.717, 1.165) is 0 Å². The molecule has 0 spiro atoms. The molecule has 0 bridgehead atoms. The summed E-state index contributed by atoms with van der Waals surface area (Å²) in [5, 5.41) is 0. The van der Waals surface area contributed by atoms with Gasteiger partial charge in [0.25, 0.3) is 0 Å². The molecular weight excluding hydrogens is 183 g/mol. The van der Waals surface area contributed by atoms with Crippen molar-refractivity contribution in [2.24, 2.45) is 0 Å². The third kappa shape index (κ3) is 3.96. The van der Waals surface area contributed by atoms with Crippen molar-refractivity contribution in [3.8, 4) is 0 Å². The van der Waals surface area contributed by atoms with Gasteiger partial charge in [-0.05, 0) is 13.8 Å². The molecule has 0 aliphatic carbocycles. The summed E-state index contributed by atoms with van der Waals surface area (Å²) in [6, 6.07) is 0. The van der Waals surface area contributed by atoms with Crippen LogP contribution in [0.2, 0.25) is 0 Å². The van der Waals surface area contributed by atoms with E-state index in [2.05, 4.69) is 6.58 Å². The Morgan fingerprint density at radius 1 is 1.46 bits per heavy atom. The molecule has 0 rings (SSSR count). The fraction of sp³-hybridized carbons (Fsp3) is 0.625. The van der Waals surface area contributed by atoms with Crippen molar-refractivity contribution >= 4 is 5.91 Å². The Hall–Kier alpha value is -1.00. The molecule has 76 valence electrons. The fourth-order valence-corrected chi connectivity index (χ4v) is 0.832. The number of nitrogens with zero attached hydrogens (tertiary/aromatic N) is 1. The van der Waals surface area contributed by atoms with Gasteiger partial charge in [-0.25, -0.2) is 0 Å². The number of alkyl halides is 3. The quantitative estimate of drug-likeness (QED) is 0.630. The highest BCUT2D eigenvalue weighted by Gasteiger charge is 2.41. The van der Waals surface area contributed by atoms with Crippen molar-refractivity contribution in [1.82, 2.24) is 4.90 Å². The van der Waals surface area contributed by atoms with E-state index in [1.165, 1.54) is 6.92 Å². The fourth-order valence-electron chi connectivity index (χ4n) is 0.832. The summed E-state index contributed by atoms with van der Waals surface area (Å²) in [5.41, 5.74) is 0.527.